The molecule has 0 aliphatic carbocycles. The molecule has 57 valence electrons. The number of nitrogens with zero attached hydrogens (tertiary/aromatic N) is 1. The molecule has 0 heterocycles. The first kappa shape index (κ1) is 8.94. The van der Waals surface area contributed by atoms with Gasteiger partial charge in [-0.15, -0.1) is 0 Å². The van der Waals surface area contributed by atoms with Crippen molar-refractivity contribution in [1.29, 1.82) is 0 Å². The molecule has 0 atom stereocenters. The largest absolute Gasteiger partial charge is 0.342 e. The first-order valence-electron chi connectivity index (χ1n) is 3.02. The summed E-state index contributed by atoms with van der Waals surface area (Å²) in [6.45, 7) is 3.41. The second-order valence-electron chi connectivity index (χ2n) is 2.17. The lowest BCUT2D eigenvalue weighted by molar-refractivity contribution is -0.122. The molecule has 0 rings (SSSR count). The molecule has 0 aromatic rings. The third-order valence-corrected chi connectivity index (χ3v) is 0.958. The van der Waals surface area contributed by atoms with Crippen LogP contribution in [0.4, 0.5) is 4.79 Å². The summed E-state index contributed by atoms with van der Waals surface area (Å²) in [7, 11) is 1.34. The van der Waals surface area contributed by atoms with Crippen LogP contribution in [0.5, 0.6) is 0 Å². The minimum atomic E-state index is -0.585. The lowest BCUT2D eigenvalue weighted by Crippen LogP contribution is -2.36. The Morgan fingerprint density at radius 3 is 2.20 bits per heavy atom. The van der Waals surface area contributed by atoms with Crippen LogP contribution in [0.25, 0.3) is 0 Å². The molecule has 0 unspecified atom stereocenters. The zero-order valence-corrected chi connectivity index (χ0v) is 6.34. The van der Waals surface area contributed by atoms with E-state index in [9.17, 15) is 9.59 Å². The van der Waals surface area contributed by atoms with E-state index in [2.05, 4.69) is 10.6 Å². The summed E-state index contributed by atoms with van der Waals surface area (Å²) in [5.74, 6) is -0.471. The molecule has 4 heteroatoms. The molecule has 0 bridgehead atoms. The number of imide groups is 1. The predicted molar refractivity (Wildman–Crippen MR) is 36.4 cm³/mol. The van der Waals surface area contributed by atoms with Gasteiger partial charge in [-0.1, -0.05) is 13.8 Å². The Morgan fingerprint density at radius 2 is 1.90 bits per heavy atom. The zero-order valence-electron chi connectivity index (χ0n) is 6.34. The molecule has 0 saturated heterocycles. The van der Waals surface area contributed by atoms with Crippen molar-refractivity contribution in [2.75, 3.05) is 7.05 Å². The van der Waals surface area contributed by atoms with Crippen LogP contribution in [0, 0.1) is 5.92 Å². The minimum Gasteiger partial charge on any atom is -0.276 e. The monoisotopic (exact) mass is 143 g/mol. The average molecular weight is 143 g/mol. The Labute approximate surface area is 60.0 Å². The Hall–Kier alpha value is -1.06. The van der Waals surface area contributed by atoms with E-state index in [-0.39, 0.29) is 11.8 Å². The Bertz CT molecular complexity index is 143. The van der Waals surface area contributed by atoms with Crippen molar-refractivity contribution < 1.29 is 9.59 Å². The maximum atomic E-state index is 10.7. The molecule has 0 aromatic heterocycles. The van der Waals surface area contributed by atoms with Gasteiger partial charge in [0.05, 0.1) is 0 Å². The standard InChI is InChI=1S/C6H11N2O2/c1-4(2)5(9)8-6(10)7-3/h4H,1-3H3,(H,8,9,10). The number of hydrogen-bond acceptors (Lipinski definition) is 2. The molecule has 1 radical (unpaired) electrons. The number of hydrogen-bond donors (Lipinski definition) is 1. The van der Waals surface area contributed by atoms with Crippen LogP contribution < -0.4 is 10.6 Å². The fourth-order valence-electron chi connectivity index (χ4n) is 0.306. The van der Waals surface area contributed by atoms with E-state index in [1.54, 1.807) is 13.8 Å². The van der Waals surface area contributed by atoms with Crippen molar-refractivity contribution in [2.45, 2.75) is 13.8 Å². The summed E-state index contributed by atoms with van der Waals surface area (Å²) in [5, 5.41) is 5.32. The van der Waals surface area contributed by atoms with Gasteiger partial charge >= 0.3 is 6.03 Å². The van der Waals surface area contributed by atoms with E-state index in [1.807, 2.05) is 0 Å². The zero-order chi connectivity index (χ0) is 8.15. The van der Waals surface area contributed by atoms with Crippen LogP contribution in [0.2, 0.25) is 0 Å². The van der Waals surface area contributed by atoms with Gasteiger partial charge in [-0.2, -0.15) is 0 Å². The second kappa shape index (κ2) is 3.87. The Balaban J connectivity index is 3.69. The number of carbonyl (C=O) groups is 2. The third kappa shape index (κ3) is 3.06. The maximum Gasteiger partial charge on any atom is 0.342 e. The fourth-order valence-corrected chi connectivity index (χ4v) is 0.306. The van der Waals surface area contributed by atoms with Gasteiger partial charge in [0.15, 0.2) is 0 Å². The number of nitrogens with one attached hydrogen (secondary N) is 1. The lowest BCUT2D eigenvalue weighted by Gasteiger charge is -2.02. The third-order valence-electron chi connectivity index (χ3n) is 0.958. The van der Waals surface area contributed by atoms with Crippen LogP contribution in [-0.2, 0) is 4.79 Å². The molecular weight excluding hydrogens is 132 g/mol. The van der Waals surface area contributed by atoms with E-state index < -0.39 is 6.03 Å². The molecule has 0 spiro atoms. The summed E-state index contributed by atoms with van der Waals surface area (Å²) >= 11 is 0. The maximum absolute atomic E-state index is 10.7. The highest BCUT2D eigenvalue weighted by Gasteiger charge is 2.09. The summed E-state index contributed by atoms with van der Waals surface area (Å²) in [5.41, 5.74) is 0. The van der Waals surface area contributed by atoms with Gasteiger partial charge in [-0.25, -0.2) is 10.1 Å². The van der Waals surface area contributed by atoms with Gasteiger partial charge in [0.25, 0.3) is 0 Å². The van der Waals surface area contributed by atoms with Gasteiger partial charge in [0.2, 0.25) is 5.91 Å². The van der Waals surface area contributed by atoms with Crippen molar-refractivity contribution in [2.24, 2.45) is 5.92 Å². The SMILES string of the molecule is C[N]C(=O)NC(=O)C(C)C. The molecule has 10 heavy (non-hydrogen) atoms. The van der Waals surface area contributed by atoms with E-state index in [1.165, 1.54) is 7.05 Å². The van der Waals surface area contributed by atoms with Crippen molar-refractivity contribution >= 4 is 11.9 Å². The Morgan fingerprint density at radius 1 is 1.40 bits per heavy atom. The average Bonchev–Trinajstić information content (AvgIpc) is 1.87. The van der Waals surface area contributed by atoms with Crippen molar-refractivity contribution in [3.05, 3.63) is 0 Å². The molecule has 1 N–H and O–H groups in total. The van der Waals surface area contributed by atoms with E-state index >= 15 is 0 Å². The van der Waals surface area contributed by atoms with E-state index in [4.69, 9.17) is 0 Å². The minimum absolute atomic E-state index is 0.175. The second-order valence-corrected chi connectivity index (χ2v) is 2.17. The van der Waals surface area contributed by atoms with Crippen LogP contribution in [-0.4, -0.2) is 19.0 Å². The summed E-state index contributed by atoms with van der Waals surface area (Å²) in [6, 6.07) is -0.585. The normalized spacial score (nSPS) is 9.20. The van der Waals surface area contributed by atoms with Crippen molar-refractivity contribution in [1.82, 2.24) is 10.6 Å². The van der Waals surface area contributed by atoms with Gasteiger partial charge in [0, 0.05) is 13.0 Å². The molecule has 4 nitrogen and oxygen atoms in total. The first-order chi connectivity index (χ1) is 4.57. The number of carbonyl (C=O) groups excluding carboxylic acids is 2. The van der Waals surface area contributed by atoms with Gasteiger partial charge in [-0.05, 0) is 0 Å². The van der Waals surface area contributed by atoms with Gasteiger partial charge < -0.3 is 0 Å². The highest BCUT2D eigenvalue weighted by atomic mass is 16.2. The molecule has 0 aromatic carbocycles. The highest BCUT2D eigenvalue weighted by Crippen LogP contribution is 1.89. The van der Waals surface area contributed by atoms with Crippen LogP contribution >= 0.6 is 0 Å². The number of amides is 3. The molecular formula is C6H11N2O2. The highest BCUT2D eigenvalue weighted by molar-refractivity contribution is 5.94. The van der Waals surface area contributed by atoms with Crippen molar-refractivity contribution in [3.63, 3.8) is 0 Å². The lowest BCUT2D eigenvalue weighted by atomic mass is 10.2. The molecule has 0 aliphatic heterocycles. The topological polar surface area (TPSA) is 60.3 Å². The van der Waals surface area contributed by atoms with Crippen LogP contribution in [0.15, 0.2) is 0 Å². The number of rotatable bonds is 1. The smallest absolute Gasteiger partial charge is 0.276 e. The molecule has 3 amide bonds. The predicted octanol–water partition coefficient (Wildman–Crippen LogP) is 0.113. The summed E-state index contributed by atoms with van der Waals surface area (Å²) in [4.78, 5) is 21.1. The molecule has 0 saturated carbocycles. The van der Waals surface area contributed by atoms with Crippen molar-refractivity contribution in [3.8, 4) is 0 Å². The van der Waals surface area contributed by atoms with E-state index in [0.717, 1.165) is 0 Å². The van der Waals surface area contributed by atoms with Gasteiger partial charge in [-0.3, -0.25) is 10.1 Å². The number of urea groups is 1. The Kier molecular flexibility index (Phi) is 3.46. The van der Waals surface area contributed by atoms with Gasteiger partial charge in [0.1, 0.15) is 0 Å². The molecule has 0 fully saturated rings. The first-order valence-corrected chi connectivity index (χ1v) is 3.02. The van der Waals surface area contributed by atoms with Crippen LogP contribution in [0.1, 0.15) is 13.8 Å². The fraction of sp³-hybridized carbons (Fsp3) is 0.667. The van der Waals surface area contributed by atoms with E-state index in [0.29, 0.717) is 0 Å². The van der Waals surface area contributed by atoms with Crippen LogP contribution in [0.3, 0.4) is 0 Å². The summed E-state index contributed by atoms with van der Waals surface area (Å²) in [6.07, 6.45) is 0. The summed E-state index contributed by atoms with van der Waals surface area (Å²) < 4.78 is 0. The molecule has 0 aliphatic rings. The quantitative estimate of drug-likeness (QED) is 0.566.